The first-order valence-corrected chi connectivity index (χ1v) is 7.21. The van der Waals surface area contributed by atoms with Crippen LogP contribution >= 0.6 is 11.8 Å². The first-order valence-electron chi connectivity index (χ1n) is 6.23. The van der Waals surface area contributed by atoms with Crippen LogP contribution in [0.4, 0.5) is 0 Å². The molecule has 4 nitrogen and oxygen atoms in total. The highest BCUT2D eigenvalue weighted by molar-refractivity contribution is 7.99. The monoisotopic (exact) mass is 269 g/mol. The molecule has 102 valence electrons. The smallest absolute Gasteiger partial charge is 0.251 e. The average Bonchev–Trinajstić information content (AvgIpc) is 2.22. The molecule has 0 spiro atoms. The van der Waals surface area contributed by atoms with E-state index in [-0.39, 0.29) is 10.3 Å². The second-order valence-electron chi connectivity index (χ2n) is 5.62. The SMILES string of the molecule is CC(C)NCc1cc(=O)[nH]c(CSC(C)(C)C)n1. The number of H-pyrrole nitrogens is 1. The molecule has 0 radical (unpaired) electrons. The number of aromatic amines is 1. The number of nitrogens with one attached hydrogen (secondary N) is 2. The van der Waals surface area contributed by atoms with Crippen LogP contribution < -0.4 is 10.9 Å². The third-order valence-electron chi connectivity index (χ3n) is 2.18. The third kappa shape index (κ3) is 6.21. The summed E-state index contributed by atoms with van der Waals surface area (Å²) in [6.45, 7) is 11.2. The van der Waals surface area contributed by atoms with Crippen molar-refractivity contribution >= 4 is 11.8 Å². The summed E-state index contributed by atoms with van der Waals surface area (Å²) >= 11 is 1.78. The van der Waals surface area contributed by atoms with Gasteiger partial charge in [-0.2, -0.15) is 0 Å². The molecule has 18 heavy (non-hydrogen) atoms. The molecule has 0 aliphatic carbocycles. The lowest BCUT2D eigenvalue weighted by molar-refractivity contribution is 0.579. The van der Waals surface area contributed by atoms with E-state index in [4.69, 9.17) is 0 Å². The van der Waals surface area contributed by atoms with Crippen LogP contribution in [0.1, 0.15) is 46.1 Å². The van der Waals surface area contributed by atoms with Crippen LogP contribution in [-0.4, -0.2) is 20.8 Å². The second-order valence-corrected chi connectivity index (χ2v) is 7.42. The van der Waals surface area contributed by atoms with Crippen molar-refractivity contribution in [3.8, 4) is 0 Å². The molecule has 0 saturated heterocycles. The zero-order chi connectivity index (χ0) is 13.8. The summed E-state index contributed by atoms with van der Waals surface area (Å²) in [6, 6.07) is 1.94. The molecule has 2 N–H and O–H groups in total. The van der Waals surface area contributed by atoms with Crippen LogP contribution in [-0.2, 0) is 12.3 Å². The van der Waals surface area contributed by atoms with Crippen molar-refractivity contribution in [1.29, 1.82) is 0 Å². The van der Waals surface area contributed by atoms with Gasteiger partial charge in [-0.05, 0) is 0 Å². The summed E-state index contributed by atoms with van der Waals surface area (Å²) in [4.78, 5) is 18.8. The van der Waals surface area contributed by atoms with Gasteiger partial charge in [-0.15, -0.1) is 11.8 Å². The lowest BCUT2D eigenvalue weighted by Crippen LogP contribution is -2.24. The van der Waals surface area contributed by atoms with E-state index in [0.717, 1.165) is 17.3 Å². The van der Waals surface area contributed by atoms with Crippen LogP contribution in [0.3, 0.4) is 0 Å². The Balaban J connectivity index is 2.71. The third-order valence-corrected chi connectivity index (χ3v) is 3.46. The molecule has 0 aliphatic heterocycles. The van der Waals surface area contributed by atoms with Crippen LogP contribution in [0, 0.1) is 0 Å². The lowest BCUT2D eigenvalue weighted by Gasteiger charge is -2.17. The van der Waals surface area contributed by atoms with Crippen molar-refractivity contribution in [2.24, 2.45) is 0 Å². The summed E-state index contributed by atoms with van der Waals surface area (Å²) in [7, 11) is 0. The molecular weight excluding hydrogens is 246 g/mol. The zero-order valence-corrected chi connectivity index (χ0v) is 12.6. The molecule has 1 rings (SSSR count). The van der Waals surface area contributed by atoms with Gasteiger partial charge >= 0.3 is 0 Å². The molecule has 1 aromatic rings. The second kappa shape index (κ2) is 6.38. The molecule has 0 atom stereocenters. The minimum Gasteiger partial charge on any atom is -0.310 e. The van der Waals surface area contributed by atoms with Gasteiger partial charge in [0, 0.05) is 23.4 Å². The number of rotatable bonds is 5. The maximum Gasteiger partial charge on any atom is 0.251 e. The van der Waals surface area contributed by atoms with E-state index in [9.17, 15) is 4.79 Å². The number of nitrogens with zero attached hydrogens (tertiary/aromatic N) is 1. The highest BCUT2D eigenvalue weighted by Gasteiger charge is 2.12. The Hall–Kier alpha value is -0.810. The maximum absolute atomic E-state index is 11.5. The maximum atomic E-state index is 11.5. The molecule has 0 saturated carbocycles. The normalized spacial score (nSPS) is 12.1. The molecule has 1 aromatic heterocycles. The molecule has 0 unspecified atom stereocenters. The Morgan fingerprint density at radius 3 is 2.67 bits per heavy atom. The van der Waals surface area contributed by atoms with Crippen molar-refractivity contribution in [3.63, 3.8) is 0 Å². The average molecular weight is 269 g/mol. The Morgan fingerprint density at radius 1 is 1.44 bits per heavy atom. The largest absolute Gasteiger partial charge is 0.310 e. The molecular formula is C13H23N3OS. The van der Waals surface area contributed by atoms with Gasteiger partial charge < -0.3 is 10.3 Å². The van der Waals surface area contributed by atoms with Gasteiger partial charge in [0.1, 0.15) is 5.82 Å². The molecule has 0 amide bonds. The predicted molar refractivity (Wildman–Crippen MR) is 77.9 cm³/mol. The van der Waals surface area contributed by atoms with Crippen LogP contribution in [0.5, 0.6) is 0 Å². The van der Waals surface area contributed by atoms with Gasteiger partial charge in [-0.1, -0.05) is 34.6 Å². The molecule has 5 heteroatoms. The van der Waals surface area contributed by atoms with E-state index >= 15 is 0 Å². The van der Waals surface area contributed by atoms with Gasteiger partial charge in [0.25, 0.3) is 5.56 Å². The van der Waals surface area contributed by atoms with E-state index in [1.807, 2.05) is 0 Å². The topological polar surface area (TPSA) is 57.8 Å². The minimum atomic E-state index is -0.0740. The molecule has 1 heterocycles. The minimum absolute atomic E-state index is 0.0740. The summed E-state index contributed by atoms with van der Waals surface area (Å²) in [6.07, 6.45) is 0. The predicted octanol–water partition coefficient (Wildman–Crippen LogP) is 2.30. The number of hydrogen-bond donors (Lipinski definition) is 2. The summed E-state index contributed by atoms with van der Waals surface area (Å²) in [5, 5.41) is 3.27. The van der Waals surface area contributed by atoms with E-state index in [2.05, 4.69) is 49.9 Å². The lowest BCUT2D eigenvalue weighted by atomic mass is 10.3. The van der Waals surface area contributed by atoms with E-state index in [0.29, 0.717) is 12.6 Å². The van der Waals surface area contributed by atoms with Gasteiger partial charge in [0.2, 0.25) is 0 Å². The first kappa shape index (κ1) is 15.2. The van der Waals surface area contributed by atoms with Crippen LogP contribution in [0.2, 0.25) is 0 Å². The van der Waals surface area contributed by atoms with Gasteiger partial charge in [0.05, 0.1) is 11.4 Å². The fraction of sp³-hybridized carbons (Fsp3) is 0.692. The van der Waals surface area contributed by atoms with Gasteiger partial charge in [0.15, 0.2) is 0 Å². The van der Waals surface area contributed by atoms with Crippen molar-refractivity contribution in [2.75, 3.05) is 0 Å². The highest BCUT2D eigenvalue weighted by Crippen LogP contribution is 2.25. The fourth-order valence-electron chi connectivity index (χ4n) is 1.32. The number of thioether (sulfide) groups is 1. The summed E-state index contributed by atoms with van der Waals surface area (Å²) < 4.78 is 0.171. The zero-order valence-electron chi connectivity index (χ0n) is 11.8. The van der Waals surface area contributed by atoms with Crippen LogP contribution in [0.15, 0.2) is 10.9 Å². The number of aromatic nitrogens is 2. The Bertz CT molecular complexity index is 435. The van der Waals surface area contributed by atoms with Crippen molar-refractivity contribution < 1.29 is 0 Å². The standard InChI is InChI=1S/C13H23N3OS/c1-9(2)14-7-10-6-12(17)16-11(15-10)8-18-13(3,4)5/h6,9,14H,7-8H2,1-5H3,(H,15,16,17). The van der Waals surface area contributed by atoms with Crippen LogP contribution in [0.25, 0.3) is 0 Å². The number of hydrogen-bond acceptors (Lipinski definition) is 4. The molecule has 0 bridgehead atoms. The quantitative estimate of drug-likeness (QED) is 0.861. The Kier molecular flexibility index (Phi) is 5.41. The van der Waals surface area contributed by atoms with Gasteiger partial charge in [-0.3, -0.25) is 4.79 Å². The summed E-state index contributed by atoms with van der Waals surface area (Å²) in [5.41, 5.74) is 0.729. The van der Waals surface area contributed by atoms with E-state index < -0.39 is 0 Å². The molecule has 0 aromatic carbocycles. The van der Waals surface area contributed by atoms with Crippen molar-refractivity contribution in [1.82, 2.24) is 15.3 Å². The summed E-state index contributed by atoms with van der Waals surface area (Å²) in [5.74, 6) is 1.48. The fourth-order valence-corrected chi connectivity index (χ4v) is 2.02. The molecule has 0 aliphatic rings. The highest BCUT2D eigenvalue weighted by atomic mass is 32.2. The van der Waals surface area contributed by atoms with Gasteiger partial charge in [-0.25, -0.2) is 4.98 Å². The van der Waals surface area contributed by atoms with Crippen molar-refractivity contribution in [3.05, 3.63) is 27.9 Å². The Labute approximate surface area is 113 Å². The first-order chi connectivity index (χ1) is 8.26. The Morgan fingerprint density at radius 2 is 2.11 bits per heavy atom. The van der Waals surface area contributed by atoms with E-state index in [1.54, 1.807) is 17.8 Å². The molecule has 0 fully saturated rings. The van der Waals surface area contributed by atoms with Crippen molar-refractivity contribution in [2.45, 2.75) is 57.7 Å². The van der Waals surface area contributed by atoms with E-state index in [1.165, 1.54) is 0 Å².